The SMILES string of the molecule is CCOP(=O)(N[C@@H](c1ccccc1Cl)[C@@](CC)(C(=O)OC)[N+](=O)[O-])OCC. The van der Waals surface area contributed by atoms with Crippen LogP contribution in [0, 0.1) is 10.1 Å². The normalized spacial score (nSPS) is 15.0. The Bertz CT molecular complexity index is 708. The minimum absolute atomic E-state index is 0.0231. The van der Waals surface area contributed by atoms with Gasteiger partial charge >= 0.3 is 19.3 Å². The first-order valence-electron chi connectivity index (χ1n) is 8.36. The number of benzene rings is 1. The second kappa shape index (κ2) is 10.1. The van der Waals surface area contributed by atoms with Crippen LogP contribution in [0.3, 0.4) is 0 Å². The summed E-state index contributed by atoms with van der Waals surface area (Å²) in [5.74, 6) is -1.10. The lowest BCUT2D eigenvalue weighted by molar-refractivity contribution is -0.561. The van der Waals surface area contributed by atoms with Crippen LogP contribution in [0.4, 0.5) is 0 Å². The molecule has 9 nitrogen and oxygen atoms in total. The van der Waals surface area contributed by atoms with Crippen LogP contribution in [-0.2, 0) is 23.1 Å². The van der Waals surface area contributed by atoms with Gasteiger partial charge in [0.2, 0.25) is 0 Å². The van der Waals surface area contributed by atoms with Gasteiger partial charge in [-0.1, -0.05) is 36.7 Å². The van der Waals surface area contributed by atoms with Crippen molar-refractivity contribution in [1.29, 1.82) is 0 Å². The van der Waals surface area contributed by atoms with Gasteiger partial charge in [0.05, 0.1) is 20.3 Å². The number of hydrogen-bond acceptors (Lipinski definition) is 7. The van der Waals surface area contributed by atoms with Crippen LogP contribution in [0.1, 0.15) is 38.8 Å². The number of nitro groups is 1. The van der Waals surface area contributed by atoms with E-state index in [-0.39, 0.29) is 30.2 Å². The van der Waals surface area contributed by atoms with Crippen molar-refractivity contribution >= 4 is 25.3 Å². The summed E-state index contributed by atoms with van der Waals surface area (Å²) < 4.78 is 28.1. The molecule has 0 radical (unpaired) electrons. The Labute approximate surface area is 163 Å². The van der Waals surface area contributed by atoms with Crippen molar-refractivity contribution < 1.29 is 28.1 Å². The van der Waals surface area contributed by atoms with E-state index in [4.69, 9.17) is 25.4 Å². The van der Waals surface area contributed by atoms with Gasteiger partial charge in [0, 0.05) is 16.4 Å². The van der Waals surface area contributed by atoms with Crippen molar-refractivity contribution in [2.24, 2.45) is 0 Å². The molecule has 1 rings (SSSR count). The highest BCUT2D eigenvalue weighted by Gasteiger charge is 2.60. The molecule has 1 aromatic carbocycles. The summed E-state index contributed by atoms with van der Waals surface area (Å²) in [6, 6.07) is 4.81. The number of carbonyl (C=O) groups is 1. The third-order valence-corrected chi connectivity index (χ3v) is 6.10. The number of carbonyl (C=O) groups excluding carboxylic acids is 1. The van der Waals surface area contributed by atoms with Gasteiger partial charge in [-0.05, 0) is 25.5 Å². The average Bonchev–Trinajstić information content (AvgIpc) is 2.62. The maximum atomic E-state index is 13.0. The van der Waals surface area contributed by atoms with E-state index in [1.54, 1.807) is 26.0 Å². The van der Waals surface area contributed by atoms with Crippen molar-refractivity contribution in [1.82, 2.24) is 5.09 Å². The second-order valence-electron chi connectivity index (χ2n) is 5.44. The minimum atomic E-state index is -3.98. The Balaban J connectivity index is 3.67. The quantitative estimate of drug-likeness (QED) is 0.248. The predicted molar refractivity (Wildman–Crippen MR) is 100 cm³/mol. The number of rotatable bonds is 11. The summed E-state index contributed by atoms with van der Waals surface area (Å²) in [7, 11) is -2.93. The van der Waals surface area contributed by atoms with Crippen LogP contribution in [0.25, 0.3) is 0 Å². The van der Waals surface area contributed by atoms with Crippen molar-refractivity contribution in [3.8, 4) is 0 Å². The lowest BCUT2D eigenvalue weighted by Gasteiger charge is -2.33. The molecule has 11 heteroatoms. The molecule has 152 valence electrons. The molecule has 0 bridgehead atoms. The third-order valence-electron chi connectivity index (χ3n) is 3.98. The second-order valence-corrected chi connectivity index (χ2v) is 7.62. The summed E-state index contributed by atoms with van der Waals surface area (Å²) in [4.78, 5) is 23.8. The van der Waals surface area contributed by atoms with E-state index in [1.807, 2.05) is 0 Å². The fourth-order valence-corrected chi connectivity index (χ4v) is 4.52. The number of hydrogen-bond donors (Lipinski definition) is 1. The third kappa shape index (κ3) is 5.06. The number of nitrogens with one attached hydrogen (secondary N) is 1. The van der Waals surface area contributed by atoms with Crippen molar-refractivity contribution in [2.75, 3.05) is 20.3 Å². The van der Waals surface area contributed by atoms with Crippen molar-refractivity contribution in [3.05, 3.63) is 45.0 Å². The molecule has 0 unspecified atom stereocenters. The van der Waals surface area contributed by atoms with Gasteiger partial charge in [0.1, 0.15) is 6.04 Å². The molecule has 1 aromatic rings. The minimum Gasteiger partial charge on any atom is -0.464 e. The number of ether oxygens (including phenoxy) is 1. The summed E-state index contributed by atoms with van der Waals surface area (Å²) in [6.07, 6.45) is -0.256. The van der Waals surface area contributed by atoms with Gasteiger partial charge in [0.25, 0.3) is 0 Å². The van der Waals surface area contributed by atoms with E-state index >= 15 is 0 Å². The Kier molecular flexibility index (Phi) is 8.84. The zero-order valence-electron chi connectivity index (χ0n) is 15.6. The van der Waals surface area contributed by atoms with Crippen molar-refractivity contribution in [3.63, 3.8) is 0 Å². The van der Waals surface area contributed by atoms with Crippen LogP contribution in [-0.4, -0.2) is 36.8 Å². The average molecular weight is 423 g/mol. The number of methoxy groups -OCH3 is 1. The fraction of sp³-hybridized carbons (Fsp3) is 0.562. The first-order chi connectivity index (χ1) is 12.7. The predicted octanol–water partition coefficient (Wildman–Crippen LogP) is 3.75. The summed E-state index contributed by atoms with van der Waals surface area (Å²) >= 11 is 6.23. The molecule has 0 heterocycles. The molecule has 0 aliphatic heterocycles. The monoisotopic (exact) mass is 422 g/mol. The number of esters is 1. The zero-order chi connectivity index (χ0) is 20.7. The maximum Gasteiger partial charge on any atom is 0.406 e. The summed E-state index contributed by atoms with van der Waals surface area (Å²) in [6.45, 7) is 4.69. The lowest BCUT2D eigenvalue weighted by Crippen LogP contribution is -2.55. The standard InChI is InChI=1S/C16H24ClN2O7P/c1-5-16(19(21)22,15(20)24-4)14(12-10-8-9-11-13(12)17)18-27(23,25-6-2)26-7-3/h8-11,14H,5-7H2,1-4H3,(H,18,23)/t14-,16-/m0/s1. The Morgan fingerprint density at radius 3 is 2.26 bits per heavy atom. The molecule has 0 aromatic heterocycles. The van der Waals surface area contributed by atoms with E-state index in [2.05, 4.69) is 5.09 Å². The first-order valence-corrected chi connectivity index (χ1v) is 10.3. The van der Waals surface area contributed by atoms with Gasteiger partial charge in [-0.15, -0.1) is 0 Å². The highest BCUT2D eigenvalue weighted by Crippen LogP contribution is 2.50. The largest absolute Gasteiger partial charge is 0.464 e. The molecule has 0 amide bonds. The maximum absolute atomic E-state index is 13.0. The Hall–Kier alpha value is -1.51. The van der Waals surface area contributed by atoms with E-state index in [9.17, 15) is 19.5 Å². The number of halogens is 1. The Morgan fingerprint density at radius 1 is 1.30 bits per heavy atom. The fourth-order valence-electron chi connectivity index (χ4n) is 2.70. The lowest BCUT2D eigenvalue weighted by atomic mass is 9.84. The summed E-state index contributed by atoms with van der Waals surface area (Å²) in [5, 5.41) is 14.7. The zero-order valence-corrected chi connectivity index (χ0v) is 17.3. The molecule has 1 N–H and O–H groups in total. The topological polar surface area (TPSA) is 117 Å². The van der Waals surface area contributed by atoms with Crippen LogP contribution >= 0.6 is 19.3 Å². The highest BCUT2D eigenvalue weighted by atomic mass is 35.5. The van der Waals surface area contributed by atoms with Crippen molar-refractivity contribution in [2.45, 2.75) is 38.8 Å². The van der Waals surface area contributed by atoms with Gasteiger partial charge in [0.15, 0.2) is 0 Å². The van der Waals surface area contributed by atoms with Crippen LogP contribution in [0.2, 0.25) is 5.02 Å². The Morgan fingerprint density at radius 2 is 1.85 bits per heavy atom. The van der Waals surface area contributed by atoms with Crippen LogP contribution in [0.5, 0.6) is 0 Å². The van der Waals surface area contributed by atoms with Crippen LogP contribution in [0.15, 0.2) is 24.3 Å². The van der Waals surface area contributed by atoms with Gasteiger partial charge in [-0.3, -0.25) is 19.2 Å². The summed E-state index contributed by atoms with van der Waals surface area (Å²) in [5.41, 5.74) is -2.10. The van der Waals surface area contributed by atoms with E-state index in [1.165, 1.54) is 19.1 Å². The molecule has 27 heavy (non-hydrogen) atoms. The molecule has 0 fully saturated rings. The molecular formula is C16H24ClN2O7P. The first kappa shape index (κ1) is 23.5. The van der Waals surface area contributed by atoms with E-state index < -0.39 is 30.2 Å². The van der Waals surface area contributed by atoms with E-state index in [0.717, 1.165) is 7.11 Å². The molecular weight excluding hydrogens is 399 g/mol. The van der Waals surface area contributed by atoms with Gasteiger partial charge in [-0.2, -0.15) is 0 Å². The molecule has 2 atom stereocenters. The van der Waals surface area contributed by atoms with Gasteiger partial charge in [-0.25, -0.2) is 14.4 Å². The molecule has 0 saturated heterocycles. The smallest absolute Gasteiger partial charge is 0.406 e. The molecule has 0 saturated carbocycles. The highest BCUT2D eigenvalue weighted by molar-refractivity contribution is 7.51. The molecule has 0 aliphatic rings. The van der Waals surface area contributed by atoms with Gasteiger partial charge < -0.3 is 4.74 Å². The number of nitrogens with zero attached hydrogens (tertiary/aromatic N) is 1. The molecule has 0 spiro atoms. The molecule has 0 aliphatic carbocycles. The van der Waals surface area contributed by atoms with E-state index in [0.29, 0.717) is 0 Å². The van der Waals surface area contributed by atoms with Crippen LogP contribution < -0.4 is 5.09 Å².